The molecule has 2 heterocycles. The van der Waals surface area contributed by atoms with Crippen LogP contribution < -0.4 is 5.56 Å². The fourth-order valence-electron chi connectivity index (χ4n) is 3.04. The van der Waals surface area contributed by atoms with Crippen LogP contribution in [0.4, 0.5) is 4.39 Å². The summed E-state index contributed by atoms with van der Waals surface area (Å²) in [4.78, 5) is 33.4. The van der Waals surface area contributed by atoms with Gasteiger partial charge in [-0.2, -0.15) is 0 Å². The highest BCUT2D eigenvalue weighted by atomic mass is 19.1. The van der Waals surface area contributed by atoms with Crippen LogP contribution in [0.5, 0.6) is 0 Å². The molecule has 3 rings (SSSR count). The number of aryl methyl sites for hydroxylation is 1. The van der Waals surface area contributed by atoms with Crippen molar-refractivity contribution in [3.05, 3.63) is 63.1 Å². The Bertz CT molecular complexity index is 799. The number of Topliss-reactive ketones (excluding diaryl/α,β-unsaturated/α-hetero) is 1. The summed E-state index contributed by atoms with van der Waals surface area (Å²) in [5.74, 6) is 0.326. The lowest BCUT2D eigenvalue weighted by Crippen LogP contribution is -2.36. The molecule has 1 aliphatic heterocycles. The zero-order chi connectivity index (χ0) is 17.1. The first kappa shape index (κ1) is 16.5. The number of nitrogens with one attached hydrogen (secondary N) is 1. The minimum Gasteiger partial charge on any atom is -0.310 e. The van der Waals surface area contributed by atoms with Crippen molar-refractivity contribution < 1.29 is 9.18 Å². The topological polar surface area (TPSA) is 66.1 Å². The van der Waals surface area contributed by atoms with Gasteiger partial charge < -0.3 is 4.98 Å². The predicted octanol–water partition coefficient (Wildman–Crippen LogP) is 2.24. The summed E-state index contributed by atoms with van der Waals surface area (Å²) in [6, 6.07) is 5.64. The lowest BCUT2D eigenvalue weighted by molar-refractivity contribution is 0.0973. The highest BCUT2D eigenvalue weighted by molar-refractivity contribution is 5.95. The van der Waals surface area contributed by atoms with Crippen LogP contribution in [0, 0.1) is 12.7 Å². The minimum atomic E-state index is -0.340. The Labute approximate surface area is 139 Å². The van der Waals surface area contributed by atoms with E-state index in [0.29, 0.717) is 30.8 Å². The molecule has 2 aromatic rings. The number of aromatic amines is 1. The monoisotopic (exact) mass is 329 g/mol. The van der Waals surface area contributed by atoms with E-state index in [0.717, 1.165) is 30.8 Å². The van der Waals surface area contributed by atoms with Gasteiger partial charge in [0.1, 0.15) is 11.6 Å². The second kappa shape index (κ2) is 7.05. The van der Waals surface area contributed by atoms with E-state index in [9.17, 15) is 14.0 Å². The number of hydrogen-bond donors (Lipinski definition) is 1. The van der Waals surface area contributed by atoms with Crippen molar-refractivity contribution in [3.8, 4) is 0 Å². The number of carbonyl (C=O) groups excluding carboxylic acids is 1. The molecule has 0 unspecified atom stereocenters. The summed E-state index contributed by atoms with van der Waals surface area (Å²) < 4.78 is 12.9. The van der Waals surface area contributed by atoms with Crippen LogP contribution in [0.1, 0.15) is 40.3 Å². The van der Waals surface area contributed by atoms with Crippen LogP contribution in [0.3, 0.4) is 0 Å². The van der Waals surface area contributed by atoms with E-state index >= 15 is 0 Å². The molecule has 0 spiro atoms. The van der Waals surface area contributed by atoms with Gasteiger partial charge in [0.25, 0.3) is 5.56 Å². The Morgan fingerprint density at radius 3 is 2.83 bits per heavy atom. The number of halogens is 1. The average Bonchev–Trinajstić information content (AvgIpc) is 2.55. The molecular weight excluding hydrogens is 309 g/mol. The highest BCUT2D eigenvalue weighted by Crippen LogP contribution is 2.15. The average molecular weight is 329 g/mol. The summed E-state index contributed by atoms with van der Waals surface area (Å²) in [5.41, 5.74) is 2.09. The summed E-state index contributed by atoms with van der Waals surface area (Å²) >= 11 is 0. The van der Waals surface area contributed by atoms with Crippen molar-refractivity contribution in [3.63, 3.8) is 0 Å². The third-order valence-corrected chi connectivity index (χ3v) is 4.31. The summed E-state index contributed by atoms with van der Waals surface area (Å²) in [6.07, 6.45) is 1.88. The molecule has 0 saturated heterocycles. The number of hydrogen-bond acceptors (Lipinski definition) is 4. The molecule has 1 N–H and O–H groups in total. The molecule has 1 aliphatic rings. The van der Waals surface area contributed by atoms with E-state index < -0.39 is 0 Å². The van der Waals surface area contributed by atoms with Crippen molar-refractivity contribution >= 4 is 5.78 Å². The number of rotatable bonds is 5. The van der Waals surface area contributed by atoms with Gasteiger partial charge >= 0.3 is 0 Å². The van der Waals surface area contributed by atoms with Crippen molar-refractivity contribution in [2.75, 3.05) is 13.1 Å². The van der Waals surface area contributed by atoms with Gasteiger partial charge in [-0.3, -0.25) is 14.5 Å². The van der Waals surface area contributed by atoms with E-state index in [4.69, 9.17) is 0 Å². The fraction of sp³-hybridized carbons (Fsp3) is 0.389. The molecule has 0 fully saturated rings. The lowest BCUT2D eigenvalue weighted by atomic mass is 10.0. The van der Waals surface area contributed by atoms with Crippen LogP contribution in [0.15, 0.2) is 29.1 Å². The van der Waals surface area contributed by atoms with E-state index in [2.05, 4.69) is 14.9 Å². The first-order valence-electron chi connectivity index (χ1n) is 8.13. The maximum atomic E-state index is 12.9. The third-order valence-electron chi connectivity index (χ3n) is 4.31. The maximum absolute atomic E-state index is 12.9. The normalized spacial score (nSPS) is 14.4. The van der Waals surface area contributed by atoms with E-state index in [1.54, 1.807) is 6.92 Å². The second-order valence-corrected chi connectivity index (χ2v) is 6.14. The van der Waals surface area contributed by atoms with Crippen LogP contribution in [-0.4, -0.2) is 33.7 Å². The number of benzene rings is 1. The number of carbonyl (C=O) groups is 1. The van der Waals surface area contributed by atoms with E-state index in [-0.39, 0.29) is 17.2 Å². The van der Waals surface area contributed by atoms with Gasteiger partial charge in [0, 0.05) is 31.5 Å². The highest BCUT2D eigenvalue weighted by Gasteiger charge is 2.20. The quantitative estimate of drug-likeness (QED) is 0.855. The number of ketones is 1. The van der Waals surface area contributed by atoms with Gasteiger partial charge in [-0.25, -0.2) is 9.37 Å². The molecule has 24 heavy (non-hydrogen) atoms. The minimum absolute atomic E-state index is 0.0162. The molecule has 1 aromatic carbocycles. The molecule has 1 aromatic heterocycles. The molecule has 5 nitrogen and oxygen atoms in total. The SMILES string of the molecule is Cc1nc2c(c(=O)[nH]1)CN(CCCC(=O)c1ccc(F)cc1)CC2. The van der Waals surface area contributed by atoms with Crippen molar-refractivity contribution in [2.45, 2.75) is 32.7 Å². The Balaban J connectivity index is 1.54. The van der Waals surface area contributed by atoms with Crippen molar-refractivity contribution in [1.29, 1.82) is 0 Å². The number of H-pyrrole nitrogens is 1. The molecule has 0 saturated carbocycles. The van der Waals surface area contributed by atoms with Gasteiger partial charge in [-0.05, 0) is 44.2 Å². The Hall–Kier alpha value is -2.34. The van der Waals surface area contributed by atoms with Crippen molar-refractivity contribution in [1.82, 2.24) is 14.9 Å². The molecule has 0 aliphatic carbocycles. The Kier molecular flexibility index (Phi) is 4.85. The smallest absolute Gasteiger partial charge is 0.255 e. The van der Waals surface area contributed by atoms with Gasteiger partial charge in [0.15, 0.2) is 5.78 Å². The third kappa shape index (κ3) is 3.76. The first-order valence-corrected chi connectivity index (χ1v) is 8.13. The van der Waals surface area contributed by atoms with Crippen LogP contribution in [-0.2, 0) is 13.0 Å². The van der Waals surface area contributed by atoms with Gasteiger partial charge in [0.05, 0.1) is 11.3 Å². The van der Waals surface area contributed by atoms with Crippen LogP contribution in [0.25, 0.3) is 0 Å². The zero-order valence-corrected chi connectivity index (χ0v) is 13.6. The molecular formula is C18H20FN3O2. The summed E-state index contributed by atoms with van der Waals surface area (Å²) in [6.45, 7) is 3.95. The van der Waals surface area contributed by atoms with Gasteiger partial charge in [0.2, 0.25) is 0 Å². The summed E-state index contributed by atoms with van der Waals surface area (Å²) in [7, 11) is 0. The predicted molar refractivity (Wildman–Crippen MR) is 88.5 cm³/mol. The van der Waals surface area contributed by atoms with E-state index in [1.807, 2.05) is 0 Å². The number of nitrogens with zero attached hydrogens (tertiary/aromatic N) is 2. The van der Waals surface area contributed by atoms with Crippen LogP contribution >= 0.6 is 0 Å². The van der Waals surface area contributed by atoms with Gasteiger partial charge in [-0.15, -0.1) is 0 Å². The van der Waals surface area contributed by atoms with E-state index in [1.165, 1.54) is 24.3 Å². The molecule has 6 heteroatoms. The zero-order valence-electron chi connectivity index (χ0n) is 13.6. The van der Waals surface area contributed by atoms with Crippen molar-refractivity contribution in [2.24, 2.45) is 0 Å². The Morgan fingerprint density at radius 1 is 1.33 bits per heavy atom. The molecule has 0 radical (unpaired) electrons. The van der Waals surface area contributed by atoms with Gasteiger partial charge in [-0.1, -0.05) is 0 Å². The molecule has 0 atom stereocenters. The first-order chi connectivity index (χ1) is 11.5. The molecule has 0 bridgehead atoms. The second-order valence-electron chi connectivity index (χ2n) is 6.14. The number of fused-ring (bicyclic) bond motifs is 1. The largest absolute Gasteiger partial charge is 0.310 e. The molecule has 0 amide bonds. The standard InChI is InChI=1S/C18H20FN3O2/c1-12-20-16-8-10-22(11-15(16)18(24)21-12)9-2-3-17(23)13-4-6-14(19)7-5-13/h4-7H,2-3,8-11H2,1H3,(H,20,21,24). The maximum Gasteiger partial charge on any atom is 0.255 e. The van der Waals surface area contributed by atoms with Crippen LogP contribution in [0.2, 0.25) is 0 Å². The Morgan fingerprint density at radius 2 is 2.08 bits per heavy atom. The molecule has 126 valence electrons. The lowest BCUT2D eigenvalue weighted by Gasteiger charge is -2.27. The fourth-order valence-corrected chi connectivity index (χ4v) is 3.04. The summed E-state index contributed by atoms with van der Waals surface area (Å²) in [5, 5.41) is 0. The number of aromatic nitrogens is 2.